The fourth-order valence-corrected chi connectivity index (χ4v) is 2.71. The van der Waals surface area contributed by atoms with E-state index >= 15 is 0 Å². The summed E-state index contributed by atoms with van der Waals surface area (Å²) in [7, 11) is 2.05. The Bertz CT molecular complexity index is 652. The summed E-state index contributed by atoms with van der Waals surface area (Å²) >= 11 is 0. The predicted molar refractivity (Wildman–Crippen MR) is 91.3 cm³/mol. The standard InChI is InChI=1S/C20H19NO/c1-21-14-18(12-16-8-4-2-5-9-16)20(22)19(15-21)13-17-10-6-3-7-11-17/h2-13H,14-15H2,1H3/b18-12+,19-13+. The molecule has 0 N–H and O–H groups in total. The molecular formula is C20H19NO. The Morgan fingerprint density at radius 3 is 1.59 bits per heavy atom. The molecule has 3 rings (SSSR count). The second-order valence-electron chi connectivity index (χ2n) is 5.66. The van der Waals surface area contributed by atoms with E-state index in [2.05, 4.69) is 4.90 Å². The molecule has 0 amide bonds. The van der Waals surface area contributed by atoms with Gasteiger partial charge in [-0.1, -0.05) is 60.7 Å². The molecule has 1 aliphatic heterocycles. The molecule has 0 bridgehead atoms. The van der Waals surface area contributed by atoms with Crippen molar-refractivity contribution in [3.05, 3.63) is 82.9 Å². The van der Waals surface area contributed by atoms with Gasteiger partial charge in [-0.05, 0) is 30.3 Å². The van der Waals surface area contributed by atoms with E-state index in [0.717, 1.165) is 22.3 Å². The molecule has 2 aromatic carbocycles. The molecule has 1 heterocycles. The largest absolute Gasteiger partial charge is 0.298 e. The lowest BCUT2D eigenvalue weighted by molar-refractivity contribution is -0.113. The summed E-state index contributed by atoms with van der Waals surface area (Å²) in [5, 5.41) is 0. The van der Waals surface area contributed by atoms with E-state index in [1.165, 1.54) is 0 Å². The number of rotatable bonds is 2. The second-order valence-corrected chi connectivity index (χ2v) is 5.66. The van der Waals surface area contributed by atoms with Crippen molar-refractivity contribution >= 4 is 17.9 Å². The Hall–Kier alpha value is -2.45. The first-order valence-electron chi connectivity index (χ1n) is 7.47. The van der Waals surface area contributed by atoms with Gasteiger partial charge < -0.3 is 0 Å². The van der Waals surface area contributed by atoms with E-state index in [1.54, 1.807) is 0 Å². The number of ketones is 1. The maximum absolute atomic E-state index is 12.7. The van der Waals surface area contributed by atoms with Crippen LogP contribution in [0.1, 0.15) is 11.1 Å². The Kier molecular flexibility index (Phi) is 4.31. The van der Waals surface area contributed by atoms with Crippen molar-refractivity contribution in [2.24, 2.45) is 0 Å². The van der Waals surface area contributed by atoms with Crippen molar-refractivity contribution in [1.29, 1.82) is 0 Å². The monoisotopic (exact) mass is 289 g/mol. The fourth-order valence-electron chi connectivity index (χ4n) is 2.71. The third-order valence-electron chi connectivity index (χ3n) is 3.74. The highest BCUT2D eigenvalue weighted by molar-refractivity contribution is 6.14. The van der Waals surface area contributed by atoms with Crippen LogP contribution in [0, 0.1) is 0 Å². The van der Waals surface area contributed by atoms with E-state index < -0.39 is 0 Å². The number of hydrogen-bond donors (Lipinski definition) is 0. The molecule has 0 aromatic heterocycles. The highest BCUT2D eigenvalue weighted by Gasteiger charge is 2.23. The van der Waals surface area contributed by atoms with Gasteiger partial charge >= 0.3 is 0 Å². The van der Waals surface area contributed by atoms with Gasteiger partial charge in [0.15, 0.2) is 5.78 Å². The van der Waals surface area contributed by atoms with E-state index in [4.69, 9.17) is 0 Å². The molecule has 1 fully saturated rings. The minimum Gasteiger partial charge on any atom is -0.298 e. The molecule has 1 aliphatic rings. The predicted octanol–water partition coefficient (Wildman–Crippen LogP) is 3.67. The SMILES string of the molecule is CN1C/C(=C\c2ccccc2)C(=O)/C(=C/c2ccccc2)C1. The summed E-state index contributed by atoms with van der Waals surface area (Å²) in [6, 6.07) is 20.0. The van der Waals surface area contributed by atoms with Crippen LogP contribution >= 0.6 is 0 Å². The van der Waals surface area contributed by atoms with Crippen LogP contribution in [0.25, 0.3) is 12.2 Å². The van der Waals surface area contributed by atoms with Crippen molar-refractivity contribution in [3.63, 3.8) is 0 Å². The maximum atomic E-state index is 12.7. The average Bonchev–Trinajstić information content (AvgIpc) is 2.54. The first-order chi connectivity index (χ1) is 10.7. The van der Waals surface area contributed by atoms with Gasteiger partial charge in [0.1, 0.15) is 0 Å². The number of carbonyl (C=O) groups is 1. The Balaban J connectivity index is 1.92. The molecule has 0 spiro atoms. The first-order valence-corrected chi connectivity index (χ1v) is 7.47. The lowest BCUT2D eigenvalue weighted by Gasteiger charge is -2.26. The highest BCUT2D eigenvalue weighted by Crippen LogP contribution is 2.21. The number of likely N-dealkylation sites (N-methyl/N-ethyl adjacent to an activating group) is 1. The van der Waals surface area contributed by atoms with Crippen LogP contribution in [0.15, 0.2) is 71.8 Å². The minimum atomic E-state index is 0.158. The van der Waals surface area contributed by atoms with E-state index in [0.29, 0.717) is 13.1 Å². The van der Waals surface area contributed by atoms with Crippen molar-refractivity contribution in [1.82, 2.24) is 4.90 Å². The molecule has 0 unspecified atom stereocenters. The van der Waals surface area contributed by atoms with Crippen LogP contribution in [-0.4, -0.2) is 30.8 Å². The van der Waals surface area contributed by atoms with Crippen LogP contribution in [0.3, 0.4) is 0 Å². The van der Waals surface area contributed by atoms with E-state index in [-0.39, 0.29) is 5.78 Å². The maximum Gasteiger partial charge on any atom is 0.187 e. The number of likely N-dealkylation sites (tertiary alicyclic amines) is 1. The van der Waals surface area contributed by atoms with Gasteiger partial charge in [0.25, 0.3) is 0 Å². The number of hydrogen-bond acceptors (Lipinski definition) is 2. The molecule has 2 nitrogen and oxygen atoms in total. The number of carbonyl (C=O) groups excluding carboxylic acids is 1. The summed E-state index contributed by atoms with van der Waals surface area (Å²) in [6.07, 6.45) is 3.99. The fraction of sp³-hybridized carbons (Fsp3) is 0.150. The molecular weight excluding hydrogens is 270 g/mol. The summed E-state index contributed by atoms with van der Waals surface area (Å²) < 4.78 is 0. The molecule has 110 valence electrons. The molecule has 2 heteroatoms. The molecule has 0 radical (unpaired) electrons. The zero-order valence-electron chi connectivity index (χ0n) is 12.7. The Labute approximate surface area is 131 Å². The van der Waals surface area contributed by atoms with Crippen LogP contribution in [0.2, 0.25) is 0 Å². The summed E-state index contributed by atoms with van der Waals surface area (Å²) in [5.74, 6) is 0.158. The zero-order chi connectivity index (χ0) is 15.4. The first kappa shape index (κ1) is 14.5. The van der Waals surface area contributed by atoms with Crippen molar-refractivity contribution in [2.45, 2.75) is 0 Å². The highest BCUT2D eigenvalue weighted by atomic mass is 16.1. The minimum absolute atomic E-state index is 0.158. The van der Waals surface area contributed by atoms with E-state index in [9.17, 15) is 4.79 Å². The smallest absolute Gasteiger partial charge is 0.187 e. The molecule has 0 saturated carbocycles. The lowest BCUT2D eigenvalue weighted by Crippen LogP contribution is -2.34. The lowest BCUT2D eigenvalue weighted by atomic mass is 9.94. The average molecular weight is 289 g/mol. The molecule has 0 atom stereocenters. The normalized spacial score (nSPS) is 19.8. The van der Waals surface area contributed by atoms with Crippen molar-refractivity contribution in [3.8, 4) is 0 Å². The number of nitrogens with zero attached hydrogens (tertiary/aromatic N) is 1. The Morgan fingerprint density at radius 2 is 1.18 bits per heavy atom. The van der Waals surface area contributed by atoms with Gasteiger partial charge in [0, 0.05) is 24.2 Å². The van der Waals surface area contributed by atoms with Crippen molar-refractivity contribution in [2.75, 3.05) is 20.1 Å². The number of Topliss-reactive ketones (excluding diaryl/α,β-unsaturated/α-hetero) is 1. The quantitative estimate of drug-likeness (QED) is 0.786. The van der Waals surface area contributed by atoms with Crippen LogP contribution in [0.5, 0.6) is 0 Å². The molecule has 1 saturated heterocycles. The van der Waals surface area contributed by atoms with Gasteiger partial charge in [-0.2, -0.15) is 0 Å². The van der Waals surface area contributed by atoms with Gasteiger partial charge in [-0.25, -0.2) is 0 Å². The topological polar surface area (TPSA) is 20.3 Å². The van der Waals surface area contributed by atoms with Gasteiger partial charge in [-0.3, -0.25) is 9.69 Å². The Morgan fingerprint density at radius 1 is 0.773 bits per heavy atom. The van der Waals surface area contributed by atoms with Gasteiger partial charge in [-0.15, -0.1) is 0 Å². The van der Waals surface area contributed by atoms with Gasteiger partial charge in [0.2, 0.25) is 0 Å². The number of piperidine rings is 1. The molecule has 22 heavy (non-hydrogen) atoms. The van der Waals surface area contributed by atoms with E-state index in [1.807, 2.05) is 79.9 Å². The second kappa shape index (κ2) is 6.54. The number of benzene rings is 2. The van der Waals surface area contributed by atoms with Crippen LogP contribution in [-0.2, 0) is 4.79 Å². The zero-order valence-corrected chi connectivity index (χ0v) is 12.7. The van der Waals surface area contributed by atoms with Crippen LogP contribution in [0.4, 0.5) is 0 Å². The van der Waals surface area contributed by atoms with Crippen molar-refractivity contribution < 1.29 is 4.79 Å². The van der Waals surface area contributed by atoms with Gasteiger partial charge in [0.05, 0.1) is 0 Å². The molecule has 2 aromatic rings. The molecule has 0 aliphatic carbocycles. The summed E-state index contributed by atoms with van der Waals surface area (Å²) in [4.78, 5) is 14.9. The van der Waals surface area contributed by atoms with Crippen LogP contribution < -0.4 is 0 Å². The summed E-state index contributed by atoms with van der Waals surface area (Å²) in [6.45, 7) is 1.39. The third kappa shape index (κ3) is 3.41. The summed E-state index contributed by atoms with van der Waals surface area (Å²) in [5.41, 5.74) is 3.84. The third-order valence-corrected chi connectivity index (χ3v) is 3.74.